The summed E-state index contributed by atoms with van der Waals surface area (Å²) in [6, 6.07) is 14.5. The van der Waals surface area contributed by atoms with E-state index in [9.17, 15) is 18.4 Å². The number of carbonyl (C=O) groups excluding carboxylic acids is 1. The van der Waals surface area contributed by atoms with Crippen LogP contribution in [0.15, 0.2) is 59.4 Å². The highest BCUT2D eigenvalue weighted by Gasteiger charge is 2.48. The first-order chi connectivity index (χ1) is 14.3. The number of benzene rings is 2. The van der Waals surface area contributed by atoms with Crippen LogP contribution in [0.3, 0.4) is 0 Å². The number of alkyl halides is 2. The standard InChI is InChI=1S/C21H15F2N3O4/c22-21(23)29-15-7-6-13(10-16(15)30-21)20(8-9-20)26-19(28)14-11-17(27)25-18(24-14)12-4-2-1-3-5-12/h1-7,10-11H,8-9H2,(H,26,28)(H,24,25,27). The molecule has 30 heavy (non-hydrogen) atoms. The van der Waals surface area contributed by atoms with Gasteiger partial charge in [-0.15, -0.1) is 8.78 Å². The van der Waals surface area contributed by atoms with Crippen LogP contribution >= 0.6 is 0 Å². The third kappa shape index (κ3) is 3.28. The molecule has 0 spiro atoms. The molecule has 3 aromatic rings. The maximum atomic E-state index is 13.3. The maximum Gasteiger partial charge on any atom is 0.586 e. The molecule has 0 bridgehead atoms. The molecule has 1 aliphatic heterocycles. The third-order valence-electron chi connectivity index (χ3n) is 5.08. The Labute approximate surface area is 168 Å². The van der Waals surface area contributed by atoms with Crippen molar-refractivity contribution in [1.29, 1.82) is 0 Å². The van der Waals surface area contributed by atoms with Crippen LogP contribution in [0.4, 0.5) is 8.78 Å². The number of amides is 1. The predicted octanol–water partition coefficient (Wildman–Crippen LogP) is 3.18. The number of halogens is 2. The summed E-state index contributed by atoms with van der Waals surface area (Å²) in [4.78, 5) is 31.8. The zero-order valence-corrected chi connectivity index (χ0v) is 15.4. The lowest BCUT2D eigenvalue weighted by Crippen LogP contribution is -2.36. The monoisotopic (exact) mass is 411 g/mol. The minimum absolute atomic E-state index is 0.0313. The number of nitrogens with one attached hydrogen (secondary N) is 2. The minimum atomic E-state index is -3.70. The second kappa shape index (κ2) is 6.38. The number of aromatic amines is 1. The van der Waals surface area contributed by atoms with Gasteiger partial charge in [-0.3, -0.25) is 9.59 Å². The fourth-order valence-electron chi connectivity index (χ4n) is 3.45. The van der Waals surface area contributed by atoms with Crippen molar-refractivity contribution in [1.82, 2.24) is 15.3 Å². The molecule has 152 valence electrons. The van der Waals surface area contributed by atoms with Gasteiger partial charge in [-0.05, 0) is 30.5 Å². The molecule has 0 unspecified atom stereocenters. The summed E-state index contributed by atoms with van der Waals surface area (Å²) >= 11 is 0. The van der Waals surface area contributed by atoms with E-state index in [-0.39, 0.29) is 23.0 Å². The Balaban J connectivity index is 1.41. The van der Waals surface area contributed by atoms with Crippen molar-refractivity contribution in [2.75, 3.05) is 0 Å². The summed E-state index contributed by atoms with van der Waals surface area (Å²) in [6.45, 7) is 0. The topological polar surface area (TPSA) is 93.3 Å². The highest BCUT2D eigenvalue weighted by Crippen LogP contribution is 2.49. The molecular weight excluding hydrogens is 396 g/mol. The quantitative estimate of drug-likeness (QED) is 0.688. The fourth-order valence-corrected chi connectivity index (χ4v) is 3.45. The number of ether oxygens (including phenoxy) is 2. The Morgan fingerprint density at radius 3 is 2.50 bits per heavy atom. The highest BCUT2D eigenvalue weighted by molar-refractivity contribution is 5.93. The van der Waals surface area contributed by atoms with E-state index >= 15 is 0 Å². The molecule has 5 rings (SSSR count). The van der Waals surface area contributed by atoms with E-state index in [4.69, 9.17) is 0 Å². The first-order valence-electron chi connectivity index (χ1n) is 9.23. The number of rotatable bonds is 4. The van der Waals surface area contributed by atoms with Crippen molar-refractivity contribution in [2.45, 2.75) is 24.7 Å². The van der Waals surface area contributed by atoms with Gasteiger partial charge in [-0.2, -0.15) is 0 Å². The van der Waals surface area contributed by atoms with E-state index in [1.807, 2.05) is 6.07 Å². The second-order valence-corrected chi connectivity index (χ2v) is 7.21. The van der Waals surface area contributed by atoms with Gasteiger partial charge in [0.2, 0.25) is 0 Å². The molecule has 1 aromatic heterocycles. The van der Waals surface area contributed by atoms with Crippen LogP contribution in [0.5, 0.6) is 11.5 Å². The fraction of sp³-hybridized carbons (Fsp3) is 0.190. The van der Waals surface area contributed by atoms with Crippen molar-refractivity contribution >= 4 is 5.91 Å². The van der Waals surface area contributed by atoms with Crippen molar-refractivity contribution in [3.63, 3.8) is 0 Å². The molecule has 2 heterocycles. The largest absolute Gasteiger partial charge is 0.586 e. The summed E-state index contributed by atoms with van der Waals surface area (Å²) in [7, 11) is 0. The SMILES string of the molecule is O=C(NC1(c2ccc3c(c2)OC(F)(F)O3)CC1)c1cc(=O)[nH]c(-c2ccccc2)n1. The van der Waals surface area contributed by atoms with Crippen molar-refractivity contribution in [2.24, 2.45) is 0 Å². The lowest BCUT2D eigenvalue weighted by molar-refractivity contribution is -0.286. The highest BCUT2D eigenvalue weighted by atomic mass is 19.3. The van der Waals surface area contributed by atoms with Crippen molar-refractivity contribution in [3.8, 4) is 22.9 Å². The van der Waals surface area contributed by atoms with Gasteiger partial charge in [0.1, 0.15) is 11.5 Å². The summed E-state index contributed by atoms with van der Waals surface area (Å²) in [6.07, 6.45) is -2.48. The Hall–Kier alpha value is -3.75. The number of H-pyrrole nitrogens is 1. The van der Waals surface area contributed by atoms with E-state index in [1.54, 1.807) is 30.3 Å². The number of nitrogens with zero attached hydrogens (tertiary/aromatic N) is 1. The Morgan fingerprint density at radius 1 is 1.03 bits per heavy atom. The van der Waals surface area contributed by atoms with Crippen LogP contribution in [0.1, 0.15) is 28.9 Å². The molecule has 2 N–H and O–H groups in total. The average molecular weight is 411 g/mol. The molecule has 9 heteroatoms. The zero-order chi connectivity index (χ0) is 20.9. The van der Waals surface area contributed by atoms with Gasteiger partial charge in [0.05, 0.1) is 5.54 Å². The van der Waals surface area contributed by atoms with E-state index in [2.05, 4.69) is 24.8 Å². The third-order valence-corrected chi connectivity index (χ3v) is 5.08. The lowest BCUT2D eigenvalue weighted by atomic mass is 10.0. The molecule has 1 amide bonds. The molecule has 0 saturated heterocycles. The zero-order valence-electron chi connectivity index (χ0n) is 15.4. The lowest BCUT2D eigenvalue weighted by Gasteiger charge is -2.18. The molecule has 0 atom stereocenters. The van der Waals surface area contributed by atoms with Crippen LogP contribution in [0.25, 0.3) is 11.4 Å². The summed E-state index contributed by atoms with van der Waals surface area (Å²) in [5, 5.41) is 2.88. The Kier molecular flexibility index (Phi) is 3.89. The first-order valence-corrected chi connectivity index (χ1v) is 9.23. The molecule has 0 radical (unpaired) electrons. The molecule has 2 aromatic carbocycles. The number of hydrogen-bond acceptors (Lipinski definition) is 5. The predicted molar refractivity (Wildman–Crippen MR) is 101 cm³/mol. The average Bonchev–Trinajstić information content (AvgIpc) is 3.42. The Morgan fingerprint density at radius 2 is 1.77 bits per heavy atom. The smallest absolute Gasteiger partial charge is 0.395 e. The molecule has 1 fully saturated rings. The first kappa shape index (κ1) is 18.3. The molecule has 2 aliphatic rings. The number of carbonyl (C=O) groups is 1. The second-order valence-electron chi connectivity index (χ2n) is 7.21. The normalized spacial score (nSPS) is 17.4. The maximum absolute atomic E-state index is 13.3. The molecule has 1 saturated carbocycles. The van der Waals surface area contributed by atoms with Gasteiger partial charge < -0.3 is 19.8 Å². The molecular formula is C21H15F2N3O4. The summed E-state index contributed by atoms with van der Waals surface area (Å²) in [5.41, 5.74) is 0.0660. The molecule has 1 aliphatic carbocycles. The molecule has 7 nitrogen and oxygen atoms in total. The summed E-state index contributed by atoms with van der Waals surface area (Å²) in [5.74, 6) is -0.393. The van der Waals surface area contributed by atoms with Crippen LogP contribution in [-0.2, 0) is 5.54 Å². The van der Waals surface area contributed by atoms with Crippen LogP contribution < -0.4 is 20.3 Å². The number of fused-ring (bicyclic) bond motifs is 1. The summed E-state index contributed by atoms with van der Waals surface area (Å²) < 4.78 is 35.5. The van der Waals surface area contributed by atoms with Crippen LogP contribution in [0.2, 0.25) is 0 Å². The van der Waals surface area contributed by atoms with Gasteiger partial charge in [-0.1, -0.05) is 36.4 Å². The Bertz CT molecular complexity index is 1210. The van der Waals surface area contributed by atoms with Gasteiger partial charge >= 0.3 is 6.29 Å². The van der Waals surface area contributed by atoms with E-state index in [0.29, 0.717) is 24.0 Å². The van der Waals surface area contributed by atoms with Crippen molar-refractivity contribution < 1.29 is 23.0 Å². The van der Waals surface area contributed by atoms with Gasteiger partial charge in [0.25, 0.3) is 11.5 Å². The van der Waals surface area contributed by atoms with Crippen LogP contribution in [0, 0.1) is 0 Å². The van der Waals surface area contributed by atoms with E-state index < -0.39 is 23.3 Å². The number of hydrogen-bond donors (Lipinski definition) is 2. The van der Waals surface area contributed by atoms with Gasteiger partial charge in [-0.25, -0.2) is 4.98 Å². The van der Waals surface area contributed by atoms with Gasteiger partial charge in [0, 0.05) is 11.6 Å². The van der Waals surface area contributed by atoms with E-state index in [1.165, 1.54) is 12.1 Å². The van der Waals surface area contributed by atoms with E-state index in [0.717, 1.165) is 6.07 Å². The minimum Gasteiger partial charge on any atom is -0.395 e. The van der Waals surface area contributed by atoms with Gasteiger partial charge in [0.15, 0.2) is 11.5 Å². The van der Waals surface area contributed by atoms with Crippen LogP contribution in [-0.4, -0.2) is 22.2 Å². The van der Waals surface area contributed by atoms with Crippen molar-refractivity contribution in [3.05, 3.63) is 76.2 Å². The number of aromatic nitrogens is 2.